The number of esters is 3. The van der Waals surface area contributed by atoms with Crippen molar-refractivity contribution in [2.75, 3.05) is 13.2 Å². The molecular weight excluding hydrogens is 949 g/mol. The van der Waals surface area contributed by atoms with Crippen LogP contribution in [0.4, 0.5) is 0 Å². The van der Waals surface area contributed by atoms with Crippen molar-refractivity contribution in [3.63, 3.8) is 0 Å². The lowest BCUT2D eigenvalue weighted by atomic mass is 10.0. The first-order chi connectivity index (χ1) is 38.0. The summed E-state index contributed by atoms with van der Waals surface area (Å²) in [6.45, 7) is 6.43. The lowest BCUT2D eigenvalue weighted by Crippen LogP contribution is -2.30. The van der Waals surface area contributed by atoms with E-state index in [0.29, 0.717) is 19.3 Å². The van der Waals surface area contributed by atoms with Gasteiger partial charge in [-0.05, 0) is 116 Å². The summed E-state index contributed by atoms with van der Waals surface area (Å²) in [6, 6.07) is 0. The number of hydrogen-bond acceptors (Lipinski definition) is 6. The lowest BCUT2D eigenvalue weighted by Gasteiger charge is -2.18. The van der Waals surface area contributed by atoms with Crippen molar-refractivity contribution in [2.45, 2.75) is 297 Å². The van der Waals surface area contributed by atoms with Crippen LogP contribution >= 0.6 is 0 Å². The molecule has 0 aromatic heterocycles. The fourth-order valence-corrected chi connectivity index (χ4v) is 8.67. The molecule has 0 aliphatic heterocycles. The molecule has 1 atom stereocenters. The van der Waals surface area contributed by atoms with Crippen molar-refractivity contribution >= 4 is 17.9 Å². The number of hydrogen-bond donors (Lipinski definition) is 0. The van der Waals surface area contributed by atoms with Crippen LogP contribution in [0.2, 0.25) is 0 Å². The first kappa shape index (κ1) is 72.8. The van der Waals surface area contributed by atoms with Gasteiger partial charge in [-0.2, -0.15) is 0 Å². The number of rotatable bonds is 57. The Morgan fingerprint density at radius 3 is 0.792 bits per heavy atom. The predicted molar refractivity (Wildman–Crippen MR) is 334 cm³/mol. The lowest BCUT2D eigenvalue weighted by molar-refractivity contribution is -0.167. The van der Waals surface area contributed by atoms with Crippen molar-refractivity contribution in [2.24, 2.45) is 0 Å². The van der Waals surface area contributed by atoms with Gasteiger partial charge in [0.15, 0.2) is 6.10 Å². The quantitative estimate of drug-likeness (QED) is 0.0261. The smallest absolute Gasteiger partial charge is 0.306 e. The largest absolute Gasteiger partial charge is 0.462 e. The Hall–Kier alpha value is -4.19. The van der Waals surface area contributed by atoms with E-state index in [1.165, 1.54) is 122 Å². The van der Waals surface area contributed by atoms with Gasteiger partial charge in [0.2, 0.25) is 0 Å². The summed E-state index contributed by atoms with van der Waals surface area (Å²) in [5.41, 5.74) is 0. The van der Waals surface area contributed by atoms with Crippen LogP contribution in [0, 0.1) is 0 Å². The topological polar surface area (TPSA) is 78.9 Å². The second kappa shape index (κ2) is 64.3. The number of unbranched alkanes of at least 4 members (excludes halogenated alkanes) is 26. The SMILES string of the molecule is CC/C=C\C/C=C\C/C=C\C/C=C\C/C=C\C/C=C\C/C=C\CCCCCCCCCC(=O)OCC(COC(=O)CCCCCCC)OC(=O)CCCCCCCCCCCC/C=C\C/C=C\C/C=C\CCCCCCC. The summed E-state index contributed by atoms with van der Waals surface area (Å²) < 4.78 is 16.8. The zero-order valence-electron chi connectivity index (χ0n) is 50.2. The molecule has 0 fully saturated rings. The minimum absolute atomic E-state index is 0.0853. The Morgan fingerprint density at radius 1 is 0.273 bits per heavy atom. The van der Waals surface area contributed by atoms with Crippen molar-refractivity contribution in [1.82, 2.24) is 0 Å². The number of ether oxygens (including phenoxy) is 3. The van der Waals surface area contributed by atoms with Crippen LogP contribution in [0.1, 0.15) is 290 Å². The molecule has 0 amide bonds. The molecule has 0 bridgehead atoms. The third-order valence-electron chi connectivity index (χ3n) is 13.5. The normalized spacial score (nSPS) is 12.9. The van der Waals surface area contributed by atoms with E-state index in [2.05, 4.69) is 142 Å². The van der Waals surface area contributed by atoms with Gasteiger partial charge in [0.1, 0.15) is 13.2 Å². The highest BCUT2D eigenvalue weighted by atomic mass is 16.6. The van der Waals surface area contributed by atoms with E-state index in [4.69, 9.17) is 14.2 Å². The Labute approximate surface area is 475 Å². The first-order valence-corrected chi connectivity index (χ1v) is 32.0. The third-order valence-corrected chi connectivity index (χ3v) is 13.5. The highest BCUT2D eigenvalue weighted by molar-refractivity contribution is 5.71. The van der Waals surface area contributed by atoms with Crippen molar-refractivity contribution in [1.29, 1.82) is 0 Å². The van der Waals surface area contributed by atoms with Gasteiger partial charge in [-0.3, -0.25) is 14.4 Å². The molecule has 0 aliphatic carbocycles. The van der Waals surface area contributed by atoms with E-state index < -0.39 is 6.10 Å². The molecule has 0 saturated heterocycles. The van der Waals surface area contributed by atoms with Gasteiger partial charge < -0.3 is 14.2 Å². The minimum atomic E-state index is -0.785. The van der Waals surface area contributed by atoms with Gasteiger partial charge in [-0.15, -0.1) is 0 Å². The number of allylic oxidation sites excluding steroid dienone is 20. The molecule has 0 radical (unpaired) electrons. The standard InChI is InChI=1S/C71H118O6/c1-4-7-10-13-15-17-19-21-23-25-27-29-31-33-34-35-36-38-39-41-43-45-47-49-51-53-55-58-61-64-70(73)76-67-68(66-75-69(72)63-60-57-12-9-6-3)77-71(74)65-62-59-56-54-52-50-48-46-44-42-40-37-32-30-28-26-24-22-20-18-16-14-11-8-5-2/h7,10,15,17,20-23,26-29,32-34,36-38,41,43,68H,4-6,8-9,11-14,16,18-19,24-25,30-31,35,39-40,42,44-67H2,1-3H3/b10-7-,17-15-,22-20-,23-21-,28-26-,29-27-,34-33-,37-32-,38-36-,43-41-. The Balaban J connectivity index is 4.11. The molecule has 0 spiro atoms. The molecular formula is C71H118O6. The van der Waals surface area contributed by atoms with E-state index in [0.717, 1.165) is 128 Å². The highest BCUT2D eigenvalue weighted by Gasteiger charge is 2.19. The fourth-order valence-electron chi connectivity index (χ4n) is 8.67. The summed E-state index contributed by atoms with van der Waals surface area (Å²) in [4.78, 5) is 37.9. The molecule has 0 N–H and O–H groups in total. The molecule has 6 heteroatoms. The van der Waals surface area contributed by atoms with E-state index in [1.807, 2.05) is 0 Å². The summed E-state index contributed by atoms with van der Waals surface area (Å²) in [5, 5.41) is 0. The monoisotopic (exact) mass is 1070 g/mol. The summed E-state index contributed by atoms with van der Waals surface area (Å²) in [5.74, 6) is -0.912. The minimum Gasteiger partial charge on any atom is -0.462 e. The Kier molecular flexibility index (Phi) is 60.8. The van der Waals surface area contributed by atoms with Crippen LogP contribution in [0.15, 0.2) is 122 Å². The van der Waals surface area contributed by atoms with E-state index >= 15 is 0 Å². The Morgan fingerprint density at radius 2 is 0.506 bits per heavy atom. The van der Waals surface area contributed by atoms with Crippen molar-refractivity contribution in [3.8, 4) is 0 Å². The number of carbonyl (C=O) groups excluding carboxylic acids is 3. The van der Waals surface area contributed by atoms with Gasteiger partial charge in [-0.25, -0.2) is 0 Å². The molecule has 0 aromatic carbocycles. The van der Waals surface area contributed by atoms with Gasteiger partial charge in [0, 0.05) is 19.3 Å². The zero-order valence-corrected chi connectivity index (χ0v) is 50.2. The summed E-state index contributed by atoms with van der Waals surface area (Å²) in [7, 11) is 0. The van der Waals surface area contributed by atoms with E-state index in [-0.39, 0.29) is 31.1 Å². The average Bonchev–Trinajstić information content (AvgIpc) is 3.43. The van der Waals surface area contributed by atoms with E-state index in [1.54, 1.807) is 0 Å². The van der Waals surface area contributed by atoms with Crippen LogP contribution in [0.3, 0.4) is 0 Å². The summed E-state index contributed by atoms with van der Waals surface area (Å²) >= 11 is 0. The van der Waals surface area contributed by atoms with Gasteiger partial charge in [-0.1, -0.05) is 277 Å². The molecule has 77 heavy (non-hydrogen) atoms. The predicted octanol–water partition coefficient (Wildman–Crippen LogP) is 22.0. The van der Waals surface area contributed by atoms with Gasteiger partial charge >= 0.3 is 17.9 Å². The number of carbonyl (C=O) groups is 3. The second-order valence-corrected chi connectivity index (χ2v) is 20.9. The molecule has 0 aromatic rings. The van der Waals surface area contributed by atoms with Crippen LogP contribution in [0.25, 0.3) is 0 Å². The zero-order chi connectivity index (χ0) is 55.7. The van der Waals surface area contributed by atoms with Crippen molar-refractivity contribution < 1.29 is 28.6 Å². The molecule has 1 unspecified atom stereocenters. The van der Waals surface area contributed by atoms with Crippen LogP contribution in [-0.2, 0) is 28.6 Å². The van der Waals surface area contributed by atoms with Gasteiger partial charge in [0.05, 0.1) is 0 Å². The van der Waals surface area contributed by atoms with Crippen molar-refractivity contribution in [3.05, 3.63) is 122 Å². The molecule has 0 heterocycles. The van der Waals surface area contributed by atoms with Crippen LogP contribution in [-0.4, -0.2) is 37.2 Å². The van der Waals surface area contributed by atoms with Gasteiger partial charge in [0.25, 0.3) is 0 Å². The maximum Gasteiger partial charge on any atom is 0.306 e. The Bertz CT molecular complexity index is 1600. The van der Waals surface area contributed by atoms with Crippen LogP contribution < -0.4 is 0 Å². The average molecular weight is 1070 g/mol. The fraction of sp³-hybridized carbons (Fsp3) is 0.676. The second-order valence-electron chi connectivity index (χ2n) is 20.9. The van der Waals surface area contributed by atoms with E-state index in [9.17, 15) is 14.4 Å². The summed E-state index contributed by atoms with van der Waals surface area (Å²) in [6.07, 6.45) is 89.6. The molecule has 0 saturated carbocycles. The molecule has 438 valence electrons. The maximum absolute atomic E-state index is 12.8. The molecule has 0 rings (SSSR count). The highest BCUT2D eigenvalue weighted by Crippen LogP contribution is 2.15. The molecule has 6 nitrogen and oxygen atoms in total. The van der Waals surface area contributed by atoms with Crippen LogP contribution in [0.5, 0.6) is 0 Å². The maximum atomic E-state index is 12.8. The third kappa shape index (κ3) is 62.5. The first-order valence-electron chi connectivity index (χ1n) is 32.0. The molecule has 0 aliphatic rings.